The highest BCUT2D eigenvalue weighted by Crippen LogP contribution is 2.37. The van der Waals surface area contributed by atoms with Gasteiger partial charge < -0.3 is 4.74 Å². The summed E-state index contributed by atoms with van der Waals surface area (Å²) in [7, 11) is 0. The first-order valence-corrected chi connectivity index (χ1v) is 9.29. The molecule has 1 aromatic heterocycles. The zero-order valence-corrected chi connectivity index (χ0v) is 15.6. The summed E-state index contributed by atoms with van der Waals surface area (Å²) in [6.07, 6.45) is 2.09. The van der Waals surface area contributed by atoms with Crippen LogP contribution in [0.2, 0.25) is 0 Å². The van der Waals surface area contributed by atoms with E-state index in [2.05, 4.69) is 5.10 Å². The number of aromatic nitrogens is 2. The third-order valence-electron chi connectivity index (χ3n) is 4.70. The van der Waals surface area contributed by atoms with Gasteiger partial charge in [-0.05, 0) is 18.1 Å². The molecule has 0 spiro atoms. The fraction of sp³-hybridized carbons (Fsp3) is 0.174. The average Bonchev–Trinajstić information content (AvgIpc) is 3.09. The van der Waals surface area contributed by atoms with Gasteiger partial charge in [0.2, 0.25) is 0 Å². The molecule has 0 N–H and O–H groups in total. The van der Waals surface area contributed by atoms with E-state index in [-0.39, 0.29) is 18.3 Å². The molecule has 1 aliphatic rings. The quantitative estimate of drug-likeness (QED) is 0.627. The van der Waals surface area contributed by atoms with Crippen molar-refractivity contribution in [1.82, 2.24) is 9.78 Å². The second-order valence-corrected chi connectivity index (χ2v) is 6.61. The summed E-state index contributed by atoms with van der Waals surface area (Å²) in [6, 6.07) is 19.7. The molecule has 3 aromatic rings. The molecule has 0 radical (unpaired) electrons. The number of rotatable bonds is 5. The Bertz CT molecular complexity index is 1050. The molecule has 0 unspecified atom stereocenters. The minimum absolute atomic E-state index is 0.111. The molecule has 0 amide bonds. The summed E-state index contributed by atoms with van der Waals surface area (Å²) in [4.78, 5) is 24.7. The van der Waals surface area contributed by atoms with Crippen molar-refractivity contribution in [2.45, 2.75) is 19.8 Å². The second kappa shape index (κ2) is 7.64. The monoisotopic (exact) mass is 372 g/mol. The second-order valence-electron chi connectivity index (χ2n) is 6.61. The van der Waals surface area contributed by atoms with Crippen LogP contribution in [-0.2, 0) is 16.0 Å². The van der Waals surface area contributed by atoms with Gasteiger partial charge in [0, 0.05) is 23.6 Å². The van der Waals surface area contributed by atoms with Gasteiger partial charge in [-0.15, -0.1) is 0 Å². The Morgan fingerprint density at radius 1 is 1.04 bits per heavy atom. The molecule has 0 bridgehead atoms. The van der Waals surface area contributed by atoms with Crippen LogP contribution in [0.15, 0.2) is 72.3 Å². The van der Waals surface area contributed by atoms with Gasteiger partial charge in [0.25, 0.3) is 5.91 Å². The molecule has 0 saturated heterocycles. The van der Waals surface area contributed by atoms with E-state index in [9.17, 15) is 9.59 Å². The molecule has 0 aliphatic carbocycles. The van der Waals surface area contributed by atoms with E-state index in [1.807, 2.05) is 60.7 Å². The molecular weight excluding hydrogens is 352 g/mol. The van der Waals surface area contributed by atoms with Crippen molar-refractivity contribution in [2.75, 3.05) is 6.61 Å². The molecular formula is C23H20N2O3. The van der Waals surface area contributed by atoms with E-state index in [0.717, 1.165) is 33.7 Å². The first-order valence-electron chi connectivity index (χ1n) is 9.29. The smallest absolute Gasteiger partial charge is 0.309 e. The number of allylic oxidation sites excluding steroid dienone is 1. The van der Waals surface area contributed by atoms with Crippen LogP contribution >= 0.6 is 0 Å². The lowest BCUT2D eigenvalue weighted by Crippen LogP contribution is -2.21. The number of nitrogens with zero attached hydrogens (tertiary/aromatic N) is 2. The Hall–Kier alpha value is -3.47. The maximum Gasteiger partial charge on any atom is 0.309 e. The van der Waals surface area contributed by atoms with Crippen LogP contribution in [0.4, 0.5) is 0 Å². The number of benzene rings is 2. The molecule has 5 nitrogen and oxygen atoms in total. The molecule has 0 atom stereocenters. The zero-order valence-electron chi connectivity index (χ0n) is 15.6. The predicted octanol–water partition coefficient (Wildman–Crippen LogP) is 4.29. The van der Waals surface area contributed by atoms with E-state index in [4.69, 9.17) is 4.74 Å². The van der Waals surface area contributed by atoms with Gasteiger partial charge in [-0.3, -0.25) is 9.59 Å². The number of hydrogen-bond acceptors (Lipinski definition) is 4. The van der Waals surface area contributed by atoms with E-state index in [1.54, 1.807) is 6.92 Å². The lowest BCUT2D eigenvalue weighted by Gasteiger charge is -2.15. The molecule has 28 heavy (non-hydrogen) atoms. The standard InChI is InChI=1S/C23H20N2O3/c1-2-28-21(27)15-16-13-19-22(17-9-5-3-6-10-17)23(18-11-7-4-8-12-18)24-25(19)20(26)14-16/h3-12,14H,2,13,15H2,1H3. The van der Waals surface area contributed by atoms with Gasteiger partial charge in [-0.1, -0.05) is 60.7 Å². The maximum absolute atomic E-state index is 12.7. The lowest BCUT2D eigenvalue weighted by molar-refractivity contribution is -0.142. The molecule has 0 saturated carbocycles. The minimum Gasteiger partial charge on any atom is -0.466 e. The number of ether oxygens (including phenoxy) is 1. The third-order valence-corrected chi connectivity index (χ3v) is 4.70. The Morgan fingerprint density at radius 2 is 1.68 bits per heavy atom. The fourth-order valence-corrected chi connectivity index (χ4v) is 3.52. The Labute approximate surface area is 163 Å². The highest BCUT2D eigenvalue weighted by molar-refractivity contribution is 5.96. The summed E-state index contributed by atoms with van der Waals surface area (Å²) in [5, 5.41) is 4.63. The van der Waals surface area contributed by atoms with E-state index >= 15 is 0 Å². The summed E-state index contributed by atoms with van der Waals surface area (Å²) >= 11 is 0. The van der Waals surface area contributed by atoms with Crippen molar-refractivity contribution in [3.63, 3.8) is 0 Å². The highest BCUT2D eigenvalue weighted by Gasteiger charge is 2.27. The van der Waals surface area contributed by atoms with Gasteiger partial charge in [0.15, 0.2) is 0 Å². The van der Waals surface area contributed by atoms with Gasteiger partial charge in [0.05, 0.1) is 18.7 Å². The molecule has 1 aliphatic heterocycles. The number of esters is 1. The zero-order chi connectivity index (χ0) is 19.5. The van der Waals surface area contributed by atoms with Crippen molar-refractivity contribution in [1.29, 1.82) is 0 Å². The average molecular weight is 372 g/mol. The number of hydrogen-bond donors (Lipinski definition) is 0. The fourth-order valence-electron chi connectivity index (χ4n) is 3.52. The summed E-state index contributed by atoms with van der Waals surface area (Å²) < 4.78 is 6.50. The largest absolute Gasteiger partial charge is 0.466 e. The Morgan fingerprint density at radius 3 is 2.32 bits per heavy atom. The molecule has 2 aromatic carbocycles. The first-order chi connectivity index (χ1) is 13.7. The van der Waals surface area contributed by atoms with Crippen molar-refractivity contribution >= 4 is 11.9 Å². The van der Waals surface area contributed by atoms with Crippen LogP contribution < -0.4 is 0 Å². The number of carbonyl (C=O) groups is 2. The van der Waals surface area contributed by atoms with Crippen molar-refractivity contribution < 1.29 is 14.3 Å². The Balaban J connectivity index is 1.82. The van der Waals surface area contributed by atoms with Gasteiger partial charge in [0.1, 0.15) is 5.69 Å². The van der Waals surface area contributed by atoms with Gasteiger partial charge >= 0.3 is 5.97 Å². The van der Waals surface area contributed by atoms with Crippen LogP contribution in [0.5, 0.6) is 0 Å². The SMILES string of the molecule is CCOC(=O)CC1=CC(=O)n2nc(-c3ccccc3)c(-c3ccccc3)c2C1. The molecule has 140 valence electrons. The highest BCUT2D eigenvalue weighted by atomic mass is 16.5. The normalized spacial score (nSPS) is 13.0. The maximum atomic E-state index is 12.7. The molecule has 0 fully saturated rings. The topological polar surface area (TPSA) is 61.2 Å². The van der Waals surface area contributed by atoms with Gasteiger partial charge in [-0.25, -0.2) is 0 Å². The van der Waals surface area contributed by atoms with Crippen LogP contribution in [0.3, 0.4) is 0 Å². The molecule has 4 rings (SSSR count). The van der Waals surface area contributed by atoms with Crippen LogP contribution in [-0.4, -0.2) is 28.3 Å². The van der Waals surface area contributed by atoms with Crippen molar-refractivity contribution in [3.05, 3.63) is 78.0 Å². The Kier molecular flexibility index (Phi) is 4.89. The van der Waals surface area contributed by atoms with E-state index in [1.165, 1.54) is 10.8 Å². The van der Waals surface area contributed by atoms with Crippen LogP contribution in [0.25, 0.3) is 22.4 Å². The summed E-state index contributed by atoms with van der Waals surface area (Å²) in [5.74, 6) is -0.557. The van der Waals surface area contributed by atoms with Gasteiger partial charge in [-0.2, -0.15) is 9.78 Å². The third kappa shape index (κ3) is 3.39. The van der Waals surface area contributed by atoms with Crippen LogP contribution in [0.1, 0.15) is 23.8 Å². The molecule has 5 heteroatoms. The van der Waals surface area contributed by atoms with E-state index < -0.39 is 0 Å². The van der Waals surface area contributed by atoms with Crippen molar-refractivity contribution in [2.24, 2.45) is 0 Å². The predicted molar refractivity (Wildman–Crippen MR) is 107 cm³/mol. The van der Waals surface area contributed by atoms with E-state index in [0.29, 0.717) is 13.0 Å². The van der Waals surface area contributed by atoms with Crippen molar-refractivity contribution in [3.8, 4) is 22.4 Å². The lowest BCUT2D eigenvalue weighted by atomic mass is 9.94. The molecule has 2 heterocycles. The first kappa shape index (κ1) is 17.9. The summed E-state index contributed by atoms with van der Waals surface area (Å²) in [6.45, 7) is 2.10. The van der Waals surface area contributed by atoms with Crippen LogP contribution in [0, 0.1) is 0 Å². The summed E-state index contributed by atoms with van der Waals surface area (Å²) in [5.41, 5.74) is 5.18. The number of fused-ring (bicyclic) bond motifs is 1. The number of carbonyl (C=O) groups excluding carboxylic acids is 2. The minimum atomic E-state index is -0.320.